The van der Waals surface area contributed by atoms with Crippen LogP contribution in [0.4, 0.5) is 0 Å². The summed E-state index contributed by atoms with van der Waals surface area (Å²) in [6, 6.07) is 3.39. The molecule has 0 unspecified atom stereocenters. The van der Waals surface area contributed by atoms with Crippen molar-refractivity contribution in [3.8, 4) is 0 Å². The van der Waals surface area contributed by atoms with Gasteiger partial charge in [0.1, 0.15) is 16.4 Å². The Balaban J connectivity index is 2.17. The molecule has 0 saturated carbocycles. The third kappa shape index (κ3) is 3.69. The molecule has 2 rings (SSSR count). The van der Waals surface area contributed by atoms with Crippen LogP contribution in [0.3, 0.4) is 0 Å². The Kier molecular flexibility index (Phi) is 4.76. The predicted octanol–water partition coefficient (Wildman–Crippen LogP) is 1.49. The molecule has 0 bridgehead atoms. The first-order chi connectivity index (χ1) is 9.94. The fraction of sp³-hybridized carbons (Fsp3) is 0.357. The van der Waals surface area contributed by atoms with Gasteiger partial charge in [0.15, 0.2) is 0 Å². The van der Waals surface area contributed by atoms with Gasteiger partial charge in [-0.15, -0.1) is 0 Å². The third-order valence-electron chi connectivity index (χ3n) is 3.16. The van der Waals surface area contributed by atoms with Crippen LogP contribution in [0, 0.1) is 13.8 Å². The lowest BCUT2D eigenvalue weighted by molar-refractivity contribution is 0.465. The number of nitrogens with zero attached hydrogens (tertiary/aromatic N) is 1. The molecule has 114 valence electrons. The highest BCUT2D eigenvalue weighted by Crippen LogP contribution is 2.20. The lowest BCUT2D eigenvalue weighted by Gasteiger charge is -2.07. The van der Waals surface area contributed by atoms with Crippen LogP contribution >= 0.6 is 0 Å². The van der Waals surface area contributed by atoms with Gasteiger partial charge in [-0.25, -0.2) is 13.1 Å². The smallest absolute Gasteiger partial charge is 0.244 e. The number of hydrogen-bond donors (Lipinski definition) is 2. The molecule has 0 atom stereocenters. The van der Waals surface area contributed by atoms with E-state index in [9.17, 15) is 8.42 Å². The molecule has 6 nitrogen and oxygen atoms in total. The Morgan fingerprint density at radius 2 is 2.05 bits per heavy atom. The van der Waals surface area contributed by atoms with Gasteiger partial charge in [-0.3, -0.25) is 4.98 Å². The van der Waals surface area contributed by atoms with E-state index in [0.717, 1.165) is 11.1 Å². The van der Waals surface area contributed by atoms with E-state index in [-0.39, 0.29) is 11.4 Å². The quantitative estimate of drug-likeness (QED) is 0.844. The minimum Gasteiger partial charge on any atom is -0.464 e. The van der Waals surface area contributed by atoms with Crippen molar-refractivity contribution >= 4 is 10.0 Å². The summed E-state index contributed by atoms with van der Waals surface area (Å²) >= 11 is 0. The van der Waals surface area contributed by atoms with E-state index < -0.39 is 10.0 Å². The van der Waals surface area contributed by atoms with Crippen LogP contribution in [-0.4, -0.2) is 20.4 Å². The van der Waals surface area contributed by atoms with E-state index in [1.807, 2.05) is 13.0 Å². The van der Waals surface area contributed by atoms with Crippen molar-refractivity contribution in [2.45, 2.75) is 31.8 Å². The second kappa shape index (κ2) is 6.38. The van der Waals surface area contributed by atoms with Gasteiger partial charge in [0, 0.05) is 25.0 Å². The number of aromatic nitrogens is 1. The molecule has 0 amide bonds. The van der Waals surface area contributed by atoms with Crippen molar-refractivity contribution in [2.75, 3.05) is 7.05 Å². The van der Waals surface area contributed by atoms with Gasteiger partial charge in [0.2, 0.25) is 10.0 Å². The highest BCUT2D eigenvalue weighted by atomic mass is 32.2. The molecule has 21 heavy (non-hydrogen) atoms. The summed E-state index contributed by atoms with van der Waals surface area (Å²) in [6.07, 6.45) is 3.34. The van der Waals surface area contributed by atoms with Crippen molar-refractivity contribution in [3.63, 3.8) is 0 Å². The second-order valence-corrected chi connectivity index (χ2v) is 6.53. The summed E-state index contributed by atoms with van der Waals surface area (Å²) in [5.74, 6) is 0.976. The Hall–Kier alpha value is -1.70. The SMILES string of the molecule is CNCc1cc(S(=O)(=O)NCc2cnccc2C)c(C)o1. The molecule has 0 aliphatic carbocycles. The highest BCUT2D eigenvalue weighted by Gasteiger charge is 2.21. The molecule has 0 radical (unpaired) electrons. The van der Waals surface area contributed by atoms with Crippen molar-refractivity contribution in [3.05, 3.63) is 47.2 Å². The lowest BCUT2D eigenvalue weighted by Crippen LogP contribution is -2.24. The molecular weight excluding hydrogens is 290 g/mol. The lowest BCUT2D eigenvalue weighted by atomic mass is 10.2. The molecule has 0 aliphatic heterocycles. The van der Waals surface area contributed by atoms with Crippen molar-refractivity contribution in [2.24, 2.45) is 0 Å². The van der Waals surface area contributed by atoms with E-state index in [2.05, 4.69) is 15.0 Å². The Labute approximate surface area is 124 Å². The Morgan fingerprint density at radius 3 is 2.71 bits per heavy atom. The van der Waals surface area contributed by atoms with Crippen molar-refractivity contribution < 1.29 is 12.8 Å². The number of nitrogens with one attached hydrogen (secondary N) is 2. The molecule has 0 spiro atoms. The first-order valence-corrected chi connectivity index (χ1v) is 8.05. The van der Waals surface area contributed by atoms with Gasteiger partial charge in [0.05, 0.1) is 6.54 Å². The molecule has 0 saturated heterocycles. The summed E-state index contributed by atoms with van der Waals surface area (Å²) in [5, 5.41) is 2.92. The van der Waals surface area contributed by atoms with E-state index in [1.54, 1.807) is 32.4 Å². The minimum atomic E-state index is -3.60. The molecule has 2 aromatic heterocycles. The molecule has 0 aromatic carbocycles. The van der Waals surface area contributed by atoms with Crippen LogP contribution in [0.25, 0.3) is 0 Å². The van der Waals surface area contributed by atoms with Crippen LogP contribution in [0.15, 0.2) is 33.8 Å². The summed E-state index contributed by atoms with van der Waals surface area (Å²) < 4.78 is 32.7. The van der Waals surface area contributed by atoms with Crippen molar-refractivity contribution in [1.82, 2.24) is 15.0 Å². The maximum Gasteiger partial charge on any atom is 0.244 e. The van der Waals surface area contributed by atoms with E-state index in [0.29, 0.717) is 18.1 Å². The average Bonchev–Trinajstić information content (AvgIpc) is 2.80. The summed E-state index contributed by atoms with van der Waals surface area (Å²) in [4.78, 5) is 4.18. The Bertz CT molecular complexity index is 723. The van der Waals surface area contributed by atoms with Crippen LogP contribution in [0.1, 0.15) is 22.6 Å². The van der Waals surface area contributed by atoms with Gasteiger partial charge in [-0.2, -0.15) is 0 Å². The number of hydrogen-bond acceptors (Lipinski definition) is 5. The maximum absolute atomic E-state index is 12.3. The normalized spacial score (nSPS) is 11.8. The predicted molar refractivity (Wildman–Crippen MR) is 79.2 cm³/mol. The topological polar surface area (TPSA) is 84.2 Å². The maximum atomic E-state index is 12.3. The molecule has 0 aliphatic rings. The monoisotopic (exact) mass is 309 g/mol. The number of rotatable bonds is 6. The third-order valence-corrected chi connectivity index (χ3v) is 4.67. The molecule has 0 fully saturated rings. The zero-order valence-electron chi connectivity index (χ0n) is 12.3. The zero-order chi connectivity index (χ0) is 15.5. The standard InChI is InChI=1S/C14H19N3O3S/c1-10-4-5-16-7-12(10)8-17-21(18,19)14-6-13(9-15-3)20-11(14)2/h4-7,15,17H,8-9H2,1-3H3. The molecule has 7 heteroatoms. The zero-order valence-corrected chi connectivity index (χ0v) is 13.1. The van der Waals surface area contributed by atoms with Crippen LogP contribution in [-0.2, 0) is 23.1 Å². The number of pyridine rings is 1. The highest BCUT2D eigenvalue weighted by molar-refractivity contribution is 7.89. The molecule has 2 heterocycles. The first-order valence-electron chi connectivity index (χ1n) is 6.57. The van der Waals surface area contributed by atoms with Gasteiger partial charge < -0.3 is 9.73 Å². The molecular formula is C14H19N3O3S. The summed E-state index contributed by atoms with van der Waals surface area (Å²) in [5.41, 5.74) is 1.84. The molecule has 2 aromatic rings. The van der Waals surface area contributed by atoms with Gasteiger partial charge in [-0.1, -0.05) is 0 Å². The first kappa shape index (κ1) is 15.7. The van der Waals surface area contributed by atoms with Crippen LogP contribution in [0.2, 0.25) is 0 Å². The fourth-order valence-corrected chi connectivity index (χ4v) is 3.19. The number of furan rings is 1. The van der Waals surface area contributed by atoms with E-state index in [4.69, 9.17) is 4.42 Å². The van der Waals surface area contributed by atoms with Crippen molar-refractivity contribution in [1.29, 1.82) is 0 Å². The van der Waals surface area contributed by atoms with Crippen LogP contribution < -0.4 is 10.0 Å². The van der Waals surface area contributed by atoms with Gasteiger partial charge in [-0.05, 0) is 38.1 Å². The molecule has 2 N–H and O–H groups in total. The fourth-order valence-electron chi connectivity index (χ4n) is 1.98. The van der Waals surface area contributed by atoms with Gasteiger partial charge >= 0.3 is 0 Å². The Morgan fingerprint density at radius 1 is 1.29 bits per heavy atom. The minimum absolute atomic E-state index is 0.175. The summed E-state index contributed by atoms with van der Waals surface area (Å²) in [7, 11) is -1.83. The van der Waals surface area contributed by atoms with Gasteiger partial charge in [0.25, 0.3) is 0 Å². The van der Waals surface area contributed by atoms with E-state index in [1.165, 1.54) is 0 Å². The van der Waals surface area contributed by atoms with Crippen LogP contribution in [0.5, 0.6) is 0 Å². The second-order valence-electron chi connectivity index (χ2n) is 4.79. The largest absolute Gasteiger partial charge is 0.464 e. The average molecular weight is 309 g/mol. The summed E-state index contributed by atoms with van der Waals surface area (Å²) in [6.45, 7) is 4.24. The number of aryl methyl sites for hydroxylation is 2. The van der Waals surface area contributed by atoms with E-state index >= 15 is 0 Å². The number of sulfonamides is 1.